The van der Waals surface area contributed by atoms with Crippen LogP contribution in [0.15, 0.2) is 24.7 Å². The van der Waals surface area contributed by atoms with Gasteiger partial charge in [-0.15, -0.1) is 0 Å². The van der Waals surface area contributed by atoms with Gasteiger partial charge < -0.3 is 4.57 Å². The molecule has 0 saturated heterocycles. The van der Waals surface area contributed by atoms with Crippen molar-refractivity contribution in [2.24, 2.45) is 0 Å². The summed E-state index contributed by atoms with van der Waals surface area (Å²) in [5.74, 6) is -0.00848. The van der Waals surface area contributed by atoms with Gasteiger partial charge in [-0.3, -0.25) is 0 Å². The average molecular weight is 280 g/mol. The highest BCUT2D eigenvalue weighted by Crippen LogP contribution is 2.39. The fourth-order valence-corrected chi connectivity index (χ4v) is 2.31. The van der Waals surface area contributed by atoms with Crippen molar-refractivity contribution in [2.45, 2.75) is 25.7 Å². The van der Waals surface area contributed by atoms with Crippen molar-refractivity contribution in [1.82, 2.24) is 9.55 Å². The zero-order chi connectivity index (χ0) is 13.6. The number of rotatable bonds is 3. The lowest BCUT2D eigenvalue weighted by Crippen LogP contribution is -2.03. The summed E-state index contributed by atoms with van der Waals surface area (Å²) < 4.78 is 15.5. The lowest BCUT2D eigenvalue weighted by molar-refractivity contribution is -0.255. The number of imidazole rings is 1. The number of carbonyl (C=O) groups excluding carboxylic acids is 1. The molecule has 0 N–H and O–H groups in total. The molecule has 1 saturated carbocycles. The Bertz CT molecular complexity index is 661. The Balaban J connectivity index is 2.07. The third kappa shape index (κ3) is 2.28. The Hall–Kier alpha value is -1.68. The molecule has 1 aliphatic rings. The van der Waals surface area contributed by atoms with Crippen LogP contribution in [0.4, 0.5) is 4.39 Å². The molecule has 0 unspecified atom stereocenters. The minimum atomic E-state index is -0.679. The summed E-state index contributed by atoms with van der Waals surface area (Å²) in [4.78, 5) is 15.6. The molecule has 98 valence electrons. The highest BCUT2D eigenvalue weighted by atomic mass is 35.5. The first-order valence-corrected chi connectivity index (χ1v) is 6.53. The molecule has 2 aromatic rings. The van der Waals surface area contributed by atoms with Crippen LogP contribution in [0.1, 0.15) is 40.4 Å². The van der Waals surface area contributed by atoms with Crippen molar-refractivity contribution in [1.29, 1.82) is 0 Å². The minimum absolute atomic E-state index is 0.0581. The van der Waals surface area contributed by atoms with Crippen molar-refractivity contribution in [2.75, 3.05) is 0 Å². The highest BCUT2D eigenvalue weighted by Gasteiger charge is 2.26. The molecule has 5 heteroatoms. The maximum Gasteiger partial charge on any atom is 0.433 e. The third-order valence-corrected chi connectivity index (χ3v) is 3.60. The average Bonchev–Trinajstić information content (AvgIpc) is 3.08. The van der Waals surface area contributed by atoms with Crippen LogP contribution in [0.25, 0.3) is 5.69 Å². The summed E-state index contributed by atoms with van der Waals surface area (Å²) >= 11 is 4.54. The normalized spacial score (nSPS) is 14.7. The quantitative estimate of drug-likeness (QED) is 0.810. The molecular formula is C14H13ClFN2O+. The van der Waals surface area contributed by atoms with E-state index >= 15 is 0 Å². The van der Waals surface area contributed by atoms with E-state index in [-0.39, 0.29) is 5.56 Å². The van der Waals surface area contributed by atoms with E-state index in [1.807, 2.05) is 10.8 Å². The Labute approximate surface area is 115 Å². The Kier molecular flexibility index (Phi) is 2.90. The zero-order valence-electron chi connectivity index (χ0n) is 10.4. The molecule has 0 bridgehead atoms. The summed E-state index contributed by atoms with van der Waals surface area (Å²) in [5.41, 5.74) is 2.48. The van der Waals surface area contributed by atoms with Crippen LogP contribution in [0.5, 0.6) is 0 Å². The van der Waals surface area contributed by atoms with Crippen molar-refractivity contribution in [3.05, 3.63) is 47.3 Å². The first-order valence-electron chi connectivity index (χ1n) is 6.12. The second kappa shape index (κ2) is 4.46. The van der Waals surface area contributed by atoms with E-state index in [0.29, 0.717) is 5.92 Å². The van der Waals surface area contributed by atoms with E-state index in [1.54, 1.807) is 13.3 Å². The first-order chi connectivity index (χ1) is 9.06. The summed E-state index contributed by atoms with van der Waals surface area (Å²) in [6.45, 7) is 1.80. The van der Waals surface area contributed by atoms with E-state index in [9.17, 15) is 9.18 Å². The van der Waals surface area contributed by atoms with Crippen LogP contribution in [-0.2, 0) is 0 Å². The Morgan fingerprint density at radius 1 is 1.47 bits per heavy atom. The van der Waals surface area contributed by atoms with Crippen LogP contribution in [0.2, 0.25) is 0 Å². The fraction of sp³-hybridized carbons (Fsp3) is 0.286. The van der Waals surface area contributed by atoms with E-state index in [2.05, 4.69) is 16.6 Å². The SMILES string of the molecule is Cc1cc(F)c(C(=O)[ClH+])cc1-n1cnc(C2CC2)c1. The van der Waals surface area contributed by atoms with Gasteiger partial charge in [0.05, 0.1) is 17.7 Å². The maximum atomic E-state index is 13.6. The molecule has 0 atom stereocenters. The second-order valence-electron chi connectivity index (χ2n) is 4.89. The molecule has 0 radical (unpaired) electrons. The minimum Gasteiger partial charge on any atom is -0.306 e. The number of hydrogen-bond donors (Lipinski definition) is 0. The van der Waals surface area contributed by atoms with Gasteiger partial charge in [-0.25, -0.2) is 14.2 Å². The number of carbonyl (C=O) groups is 1. The predicted molar refractivity (Wildman–Crippen MR) is 66.0 cm³/mol. The van der Waals surface area contributed by atoms with Gasteiger partial charge in [0.2, 0.25) is 0 Å². The largest absolute Gasteiger partial charge is 0.433 e. The van der Waals surface area contributed by atoms with Gasteiger partial charge in [-0.1, -0.05) is 0 Å². The number of benzene rings is 1. The molecule has 1 aromatic heterocycles. The van der Waals surface area contributed by atoms with Crippen molar-refractivity contribution >= 4 is 5.24 Å². The van der Waals surface area contributed by atoms with E-state index in [1.165, 1.54) is 25.0 Å². The smallest absolute Gasteiger partial charge is 0.306 e. The molecule has 19 heavy (non-hydrogen) atoms. The van der Waals surface area contributed by atoms with Gasteiger partial charge >= 0.3 is 5.24 Å². The van der Waals surface area contributed by atoms with Crippen LogP contribution in [-0.4, -0.2) is 14.8 Å². The predicted octanol–water partition coefficient (Wildman–Crippen LogP) is 2.62. The molecule has 3 rings (SSSR count). The third-order valence-electron chi connectivity index (χ3n) is 3.38. The summed E-state index contributed by atoms with van der Waals surface area (Å²) in [6, 6.07) is 2.84. The Morgan fingerprint density at radius 2 is 2.21 bits per heavy atom. The van der Waals surface area contributed by atoms with E-state index < -0.39 is 11.1 Å². The van der Waals surface area contributed by atoms with Gasteiger partial charge in [0.25, 0.3) is 0 Å². The van der Waals surface area contributed by atoms with E-state index in [4.69, 9.17) is 0 Å². The summed E-state index contributed by atoms with van der Waals surface area (Å²) in [7, 11) is 0. The molecule has 1 fully saturated rings. The Morgan fingerprint density at radius 3 is 2.84 bits per heavy atom. The van der Waals surface area contributed by atoms with Gasteiger partial charge in [0, 0.05) is 12.1 Å². The van der Waals surface area contributed by atoms with Crippen LogP contribution >= 0.6 is 0 Å². The molecule has 0 spiro atoms. The number of hydrogen-bond acceptors (Lipinski definition) is 2. The molecule has 3 nitrogen and oxygen atoms in total. The lowest BCUT2D eigenvalue weighted by atomic mass is 10.1. The van der Waals surface area contributed by atoms with Gasteiger partial charge in [-0.05, 0) is 37.5 Å². The zero-order valence-corrected chi connectivity index (χ0v) is 11.2. The number of aromatic nitrogens is 2. The first kappa shape index (κ1) is 12.4. The lowest BCUT2D eigenvalue weighted by Gasteiger charge is -2.07. The van der Waals surface area contributed by atoms with E-state index in [0.717, 1.165) is 16.9 Å². The topological polar surface area (TPSA) is 34.9 Å². The van der Waals surface area contributed by atoms with Crippen molar-refractivity contribution in [3.63, 3.8) is 0 Å². The van der Waals surface area contributed by atoms with Crippen molar-refractivity contribution in [3.8, 4) is 5.69 Å². The monoisotopic (exact) mass is 279 g/mol. The van der Waals surface area contributed by atoms with Gasteiger partial charge in [0.15, 0.2) is 11.6 Å². The van der Waals surface area contributed by atoms with Gasteiger partial charge in [-0.2, -0.15) is 0 Å². The molecular weight excluding hydrogens is 267 g/mol. The number of halogens is 2. The summed E-state index contributed by atoms with van der Waals surface area (Å²) in [6.07, 6.45) is 5.99. The van der Waals surface area contributed by atoms with Crippen molar-refractivity contribution < 1.29 is 20.8 Å². The molecule has 0 amide bonds. The fourth-order valence-electron chi connectivity index (χ4n) is 2.16. The molecule has 0 aliphatic heterocycles. The van der Waals surface area contributed by atoms with Crippen LogP contribution in [0, 0.1) is 24.3 Å². The van der Waals surface area contributed by atoms with Gasteiger partial charge in [0.1, 0.15) is 11.4 Å². The van der Waals surface area contributed by atoms with Crippen LogP contribution in [0.3, 0.4) is 0 Å². The number of nitrogens with zero attached hydrogens (tertiary/aromatic N) is 2. The molecule has 1 heterocycles. The van der Waals surface area contributed by atoms with Crippen LogP contribution < -0.4 is 0 Å². The standard InChI is InChI=1S/C14H13ClFN2O/c1-8-4-11(16)10(14(15)19)5-13(8)18-6-12(17-7-18)9-2-3-9/h4-7,9,15H,2-3H2,1H3/q+1. The second-order valence-corrected chi connectivity index (χ2v) is 5.26. The molecule has 1 aliphatic carbocycles. The molecule has 1 aromatic carbocycles. The highest BCUT2D eigenvalue weighted by molar-refractivity contribution is 5.87. The summed E-state index contributed by atoms with van der Waals surface area (Å²) in [5, 5.41) is -0.679. The maximum absolute atomic E-state index is 13.6. The number of aryl methyl sites for hydroxylation is 1.